The normalized spacial score (nSPS) is 12.0. The fraction of sp³-hybridized carbons (Fsp3) is 0.229. The van der Waals surface area contributed by atoms with Gasteiger partial charge >= 0.3 is 12.1 Å². The largest absolute Gasteiger partial charge is 0.495 e. The average molecular weight is 759 g/mol. The molecule has 0 saturated carbocycles. The van der Waals surface area contributed by atoms with Crippen molar-refractivity contribution in [2.45, 2.75) is 30.3 Å². The summed E-state index contributed by atoms with van der Waals surface area (Å²) in [6, 6.07) is 21.1. The third kappa shape index (κ3) is 10.1. The summed E-state index contributed by atoms with van der Waals surface area (Å²) >= 11 is 0. The van der Waals surface area contributed by atoms with Crippen molar-refractivity contribution in [3.8, 4) is 16.9 Å². The highest BCUT2D eigenvalue weighted by Gasteiger charge is 2.38. The lowest BCUT2D eigenvalue weighted by molar-refractivity contribution is -0.192. The Bertz CT molecular complexity index is 2210. The molecule has 0 aliphatic carbocycles. The maximum atomic E-state index is 13.4. The zero-order chi connectivity index (χ0) is 39.1. The highest BCUT2D eigenvalue weighted by Crippen LogP contribution is 2.35. The van der Waals surface area contributed by atoms with Crippen LogP contribution >= 0.6 is 0 Å². The number of ether oxygens (including phenoxy) is 1. The SMILES string of the molecule is CNCCC(=O)N(c1nc2ccc(-c3ccc(NC(=O)[C@H](C)c4ccc(F)cc4)cc3)cn2n1)c1ccc(S(C)(=O)=O)cc1OC.O=C(O)C(F)(F)F. The van der Waals surface area contributed by atoms with Gasteiger partial charge in [-0.05, 0) is 73.6 Å². The monoisotopic (exact) mass is 758 g/mol. The Balaban J connectivity index is 0.000000815. The summed E-state index contributed by atoms with van der Waals surface area (Å²) < 4.78 is 76.3. The van der Waals surface area contributed by atoms with Crippen molar-refractivity contribution < 1.29 is 50.2 Å². The molecule has 1 atom stereocenters. The molecule has 3 N–H and O–H groups in total. The lowest BCUT2D eigenvalue weighted by atomic mass is 10.00. The molecular formula is C35H34F4N6O7S. The van der Waals surface area contributed by atoms with E-state index >= 15 is 0 Å². The first-order valence-corrected chi connectivity index (χ1v) is 17.5. The van der Waals surface area contributed by atoms with Crippen LogP contribution in [-0.4, -0.2) is 79.0 Å². The number of anilines is 3. The zero-order valence-electron chi connectivity index (χ0n) is 28.7. The number of alkyl halides is 3. The van der Waals surface area contributed by atoms with Crippen LogP contribution in [0.2, 0.25) is 0 Å². The van der Waals surface area contributed by atoms with Gasteiger partial charge in [0.15, 0.2) is 15.5 Å². The molecule has 2 amide bonds. The second kappa shape index (κ2) is 16.6. The van der Waals surface area contributed by atoms with Crippen LogP contribution in [0.5, 0.6) is 5.75 Å². The van der Waals surface area contributed by atoms with Crippen LogP contribution < -0.4 is 20.3 Å². The number of hydrogen-bond donors (Lipinski definition) is 3. The van der Waals surface area contributed by atoms with Crippen LogP contribution in [0.4, 0.5) is 34.9 Å². The van der Waals surface area contributed by atoms with Crippen LogP contribution in [0.15, 0.2) is 90.0 Å². The number of aromatic nitrogens is 3. The van der Waals surface area contributed by atoms with E-state index in [4.69, 9.17) is 14.6 Å². The predicted molar refractivity (Wildman–Crippen MR) is 187 cm³/mol. The maximum Gasteiger partial charge on any atom is 0.490 e. The van der Waals surface area contributed by atoms with Crippen LogP contribution in [-0.2, 0) is 24.2 Å². The minimum atomic E-state index is -5.08. The van der Waals surface area contributed by atoms with Gasteiger partial charge in [-0.25, -0.2) is 27.0 Å². The molecule has 5 aromatic rings. The van der Waals surface area contributed by atoms with Crippen molar-refractivity contribution in [2.75, 3.05) is 37.2 Å². The Morgan fingerprint density at radius 1 is 0.981 bits per heavy atom. The summed E-state index contributed by atoms with van der Waals surface area (Å²) in [5.74, 6) is -3.84. The molecule has 5 rings (SSSR count). The van der Waals surface area contributed by atoms with Gasteiger partial charge in [-0.2, -0.15) is 18.2 Å². The smallest absolute Gasteiger partial charge is 0.490 e. The van der Waals surface area contributed by atoms with Crippen molar-refractivity contribution in [3.05, 3.63) is 96.4 Å². The Morgan fingerprint density at radius 2 is 1.60 bits per heavy atom. The van der Waals surface area contributed by atoms with E-state index in [0.29, 0.717) is 29.1 Å². The molecule has 2 aromatic heterocycles. The number of fused-ring (bicyclic) bond motifs is 1. The molecule has 280 valence electrons. The van der Waals surface area contributed by atoms with Gasteiger partial charge in [0.25, 0.3) is 5.95 Å². The Labute approximate surface area is 301 Å². The van der Waals surface area contributed by atoms with Gasteiger partial charge < -0.3 is 20.5 Å². The van der Waals surface area contributed by atoms with E-state index in [1.54, 1.807) is 55.0 Å². The lowest BCUT2D eigenvalue weighted by Gasteiger charge is -2.22. The number of benzene rings is 3. The van der Waals surface area contributed by atoms with Crippen molar-refractivity contribution in [1.82, 2.24) is 19.9 Å². The van der Waals surface area contributed by atoms with E-state index in [2.05, 4.69) is 20.7 Å². The van der Waals surface area contributed by atoms with Crippen LogP contribution in [0, 0.1) is 5.82 Å². The van der Waals surface area contributed by atoms with E-state index < -0.39 is 27.9 Å². The number of nitrogens with one attached hydrogen (secondary N) is 2. The molecule has 0 radical (unpaired) electrons. The number of aliphatic carboxylic acids is 1. The van der Waals surface area contributed by atoms with E-state index in [1.807, 2.05) is 18.2 Å². The quantitative estimate of drug-likeness (QED) is 0.144. The van der Waals surface area contributed by atoms with Gasteiger partial charge in [-0.3, -0.25) is 9.59 Å². The topological polar surface area (TPSA) is 172 Å². The Hall–Kier alpha value is -5.88. The summed E-state index contributed by atoms with van der Waals surface area (Å²) in [4.78, 5) is 41.1. The highest BCUT2D eigenvalue weighted by atomic mass is 32.2. The van der Waals surface area contributed by atoms with Crippen LogP contribution in [0.1, 0.15) is 24.8 Å². The molecule has 3 aromatic carbocycles. The molecule has 2 heterocycles. The zero-order valence-corrected chi connectivity index (χ0v) is 29.5. The molecule has 0 fully saturated rings. The minimum absolute atomic E-state index is 0.0521. The molecule has 0 saturated heterocycles. The van der Waals surface area contributed by atoms with Gasteiger partial charge in [0.2, 0.25) is 11.8 Å². The number of carboxylic acids is 1. The van der Waals surface area contributed by atoms with E-state index in [9.17, 15) is 35.6 Å². The number of hydrogen-bond acceptors (Lipinski definition) is 9. The fourth-order valence-corrected chi connectivity index (χ4v) is 5.44. The Kier molecular flexibility index (Phi) is 12.5. The number of methoxy groups -OCH3 is 1. The summed E-state index contributed by atoms with van der Waals surface area (Å²) in [5, 5.41) is 17.6. The molecule has 0 spiro atoms. The van der Waals surface area contributed by atoms with Gasteiger partial charge in [0.05, 0.1) is 23.6 Å². The van der Waals surface area contributed by atoms with Crippen molar-refractivity contribution >= 4 is 50.6 Å². The number of nitrogens with zero attached hydrogens (tertiary/aromatic N) is 4. The highest BCUT2D eigenvalue weighted by molar-refractivity contribution is 7.90. The lowest BCUT2D eigenvalue weighted by Crippen LogP contribution is -2.30. The van der Waals surface area contributed by atoms with Gasteiger partial charge in [0.1, 0.15) is 11.6 Å². The minimum Gasteiger partial charge on any atom is -0.495 e. The van der Waals surface area contributed by atoms with Crippen molar-refractivity contribution in [1.29, 1.82) is 0 Å². The molecule has 0 unspecified atom stereocenters. The molecule has 53 heavy (non-hydrogen) atoms. The molecule has 0 bridgehead atoms. The third-order valence-corrected chi connectivity index (χ3v) is 8.78. The first-order valence-electron chi connectivity index (χ1n) is 15.6. The molecular weight excluding hydrogens is 724 g/mol. The Morgan fingerprint density at radius 3 is 2.17 bits per heavy atom. The van der Waals surface area contributed by atoms with Gasteiger partial charge in [-0.1, -0.05) is 24.3 Å². The van der Waals surface area contributed by atoms with Crippen molar-refractivity contribution in [2.24, 2.45) is 0 Å². The van der Waals surface area contributed by atoms with Gasteiger partial charge in [0, 0.05) is 42.7 Å². The second-order valence-corrected chi connectivity index (χ2v) is 13.5. The summed E-state index contributed by atoms with van der Waals surface area (Å²) in [6.07, 6.45) is -2.09. The van der Waals surface area contributed by atoms with Crippen LogP contribution in [0.25, 0.3) is 16.8 Å². The number of amides is 2. The summed E-state index contributed by atoms with van der Waals surface area (Å²) in [6.45, 7) is 2.16. The first-order chi connectivity index (χ1) is 24.9. The standard InChI is InChI=1S/C33H33FN6O5S.C2HF3O2/c1-21(22-5-10-25(34)11-6-22)32(42)36-26-12-7-23(8-13-26)24-9-16-30-37-33(38-39(30)20-24)40(31(41)17-18-35-2)28-15-14-27(46(4,43)44)19-29(28)45-3;3-2(4,5)1(6)7/h5-16,19-21,35H,17-18H2,1-4H3,(H,36,42);(H,6,7)/t21-;/m1./s1. The molecule has 0 aliphatic rings. The van der Waals surface area contributed by atoms with E-state index in [-0.39, 0.29) is 40.6 Å². The average Bonchev–Trinajstić information content (AvgIpc) is 3.53. The number of halogens is 4. The maximum absolute atomic E-state index is 13.4. The molecule has 13 nitrogen and oxygen atoms in total. The summed E-state index contributed by atoms with van der Waals surface area (Å²) in [5.41, 5.74) is 3.77. The number of rotatable bonds is 11. The third-order valence-electron chi connectivity index (χ3n) is 7.67. The van der Waals surface area contributed by atoms with E-state index in [1.165, 1.54) is 42.3 Å². The first kappa shape index (κ1) is 39.9. The summed E-state index contributed by atoms with van der Waals surface area (Å²) in [7, 11) is -0.384. The number of carbonyl (C=O) groups excluding carboxylic acids is 2. The molecule has 0 aliphatic heterocycles. The molecule has 18 heteroatoms. The second-order valence-electron chi connectivity index (χ2n) is 11.5. The number of carbonyl (C=O) groups is 3. The van der Waals surface area contributed by atoms with Crippen molar-refractivity contribution in [3.63, 3.8) is 0 Å². The fourth-order valence-electron chi connectivity index (χ4n) is 4.81. The number of pyridine rings is 1. The predicted octanol–water partition coefficient (Wildman–Crippen LogP) is 5.60. The number of sulfone groups is 1. The van der Waals surface area contributed by atoms with Gasteiger partial charge in [-0.15, -0.1) is 5.10 Å². The number of carboxylic acid groups (broad SMARTS) is 1. The van der Waals surface area contributed by atoms with E-state index in [0.717, 1.165) is 17.4 Å². The van der Waals surface area contributed by atoms with Crippen LogP contribution in [0.3, 0.4) is 0 Å².